The van der Waals surface area contributed by atoms with E-state index in [1.165, 1.54) is 7.11 Å². The third kappa shape index (κ3) is 10.5. The summed E-state index contributed by atoms with van der Waals surface area (Å²) >= 11 is 0. The summed E-state index contributed by atoms with van der Waals surface area (Å²) in [6.45, 7) is 14.0. The second kappa shape index (κ2) is 17.8. The number of anilines is 2. The number of carbonyl (C=O) groups excluding carboxylic acids is 2. The number of aromatic nitrogens is 1. The third-order valence-corrected chi connectivity index (χ3v) is 11.2. The SMILES string of the molecule is CNC(=O)c1cc(Cc2cc(Oc3ccc(NC(=O)Nc4cc(C(C)(C)C)cc(P(C)(C)=O)c4OC)c4ccccc34)ccn2)cc(OCCN2CCOCC2)c1. The van der Waals surface area contributed by atoms with Crippen molar-refractivity contribution < 1.29 is 33.1 Å². The summed E-state index contributed by atoms with van der Waals surface area (Å²) in [7, 11) is 0.369. The summed E-state index contributed by atoms with van der Waals surface area (Å²) in [4.78, 5) is 33.1. The molecule has 2 heterocycles. The molecule has 1 aromatic heterocycles. The smallest absolute Gasteiger partial charge is 0.323 e. The maximum Gasteiger partial charge on any atom is 0.323 e. The maximum atomic E-state index is 13.6. The molecule has 3 N–H and O–H groups in total. The van der Waals surface area contributed by atoms with Crippen molar-refractivity contribution >= 4 is 46.5 Å². The normalized spacial score (nSPS) is 13.5. The minimum Gasteiger partial charge on any atom is -0.494 e. The quantitative estimate of drug-likeness (QED) is 0.102. The number of amides is 3. The zero-order valence-corrected chi connectivity index (χ0v) is 34.6. The number of ether oxygens (including phenoxy) is 4. The van der Waals surface area contributed by atoms with Crippen LogP contribution < -0.4 is 35.5 Å². The maximum absolute atomic E-state index is 13.6. The van der Waals surface area contributed by atoms with E-state index in [2.05, 4.69) is 46.6 Å². The van der Waals surface area contributed by atoms with Crippen LogP contribution in [0.25, 0.3) is 10.8 Å². The Morgan fingerprint density at radius 2 is 1.63 bits per heavy atom. The van der Waals surface area contributed by atoms with Crippen molar-refractivity contribution in [2.24, 2.45) is 0 Å². The lowest BCUT2D eigenvalue weighted by atomic mass is 9.86. The highest BCUT2D eigenvalue weighted by atomic mass is 31.2. The number of urea groups is 1. The van der Waals surface area contributed by atoms with Gasteiger partial charge in [-0.3, -0.25) is 14.7 Å². The molecule has 300 valence electrons. The predicted molar refractivity (Wildman–Crippen MR) is 227 cm³/mol. The minimum atomic E-state index is -2.75. The highest BCUT2D eigenvalue weighted by molar-refractivity contribution is 7.70. The first kappa shape index (κ1) is 41.2. The van der Waals surface area contributed by atoms with Gasteiger partial charge < -0.3 is 39.5 Å². The molecule has 3 amide bonds. The number of morpholine rings is 1. The number of hydrogen-bond donors (Lipinski definition) is 3. The Kier molecular flexibility index (Phi) is 12.9. The summed E-state index contributed by atoms with van der Waals surface area (Å²) in [6.07, 6.45) is 2.14. The molecule has 0 saturated carbocycles. The van der Waals surface area contributed by atoms with Crippen molar-refractivity contribution in [1.29, 1.82) is 0 Å². The molecule has 1 aliphatic heterocycles. The molecular weight excluding hydrogens is 741 g/mol. The van der Waals surface area contributed by atoms with Crippen LogP contribution in [0.15, 0.2) is 85.1 Å². The molecule has 1 saturated heterocycles. The van der Waals surface area contributed by atoms with E-state index in [1.54, 1.807) is 44.8 Å². The second-order valence-electron chi connectivity index (χ2n) is 15.4. The Hall–Kier alpha value is -5.42. The fourth-order valence-corrected chi connectivity index (χ4v) is 7.84. The molecular formula is C44H52N5O7P. The van der Waals surface area contributed by atoms with Gasteiger partial charge in [-0.15, -0.1) is 0 Å². The lowest BCUT2D eigenvalue weighted by Gasteiger charge is -2.26. The van der Waals surface area contributed by atoms with Crippen LogP contribution in [0, 0.1) is 0 Å². The van der Waals surface area contributed by atoms with Gasteiger partial charge in [0.1, 0.15) is 31.0 Å². The average Bonchev–Trinajstić information content (AvgIpc) is 3.18. The molecule has 0 aliphatic carbocycles. The Balaban J connectivity index is 1.19. The molecule has 4 aromatic carbocycles. The van der Waals surface area contributed by atoms with Crippen LogP contribution in [0.4, 0.5) is 16.2 Å². The van der Waals surface area contributed by atoms with E-state index in [4.69, 9.17) is 18.9 Å². The fraction of sp³-hybridized carbons (Fsp3) is 0.341. The summed E-state index contributed by atoms with van der Waals surface area (Å²) in [5, 5.41) is 10.8. The zero-order chi connectivity index (χ0) is 40.7. The van der Waals surface area contributed by atoms with E-state index in [-0.39, 0.29) is 11.3 Å². The Bertz CT molecular complexity index is 2300. The van der Waals surface area contributed by atoms with E-state index in [9.17, 15) is 14.2 Å². The largest absolute Gasteiger partial charge is 0.494 e. The van der Waals surface area contributed by atoms with Gasteiger partial charge in [0, 0.05) is 67.4 Å². The van der Waals surface area contributed by atoms with Crippen molar-refractivity contribution in [3.8, 4) is 23.0 Å². The van der Waals surface area contributed by atoms with E-state index >= 15 is 0 Å². The predicted octanol–water partition coefficient (Wildman–Crippen LogP) is 7.89. The molecule has 0 spiro atoms. The first-order valence-corrected chi connectivity index (χ1v) is 21.6. The van der Waals surface area contributed by atoms with Gasteiger partial charge in [0.2, 0.25) is 0 Å². The minimum absolute atomic E-state index is 0.199. The van der Waals surface area contributed by atoms with Crippen molar-refractivity contribution in [2.75, 3.05) is 77.6 Å². The monoisotopic (exact) mass is 793 g/mol. The van der Waals surface area contributed by atoms with E-state index < -0.39 is 13.2 Å². The summed E-state index contributed by atoms with van der Waals surface area (Å²) in [5.74, 6) is 1.98. The van der Waals surface area contributed by atoms with Gasteiger partial charge >= 0.3 is 6.03 Å². The molecule has 12 nitrogen and oxygen atoms in total. The van der Waals surface area contributed by atoms with Crippen LogP contribution in [-0.4, -0.2) is 88.8 Å². The molecule has 6 rings (SSSR count). The number of hydrogen-bond acceptors (Lipinski definition) is 9. The Labute approximate surface area is 334 Å². The summed E-state index contributed by atoms with van der Waals surface area (Å²) in [5.41, 5.74) is 3.81. The lowest BCUT2D eigenvalue weighted by molar-refractivity contribution is 0.0322. The van der Waals surface area contributed by atoms with Gasteiger partial charge in [-0.05, 0) is 78.4 Å². The van der Waals surface area contributed by atoms with Gasteiger partial charge in [0.15, 0.2) is 5.75 Å². The molecule has 13 heteroatoms. The van der Waals surface area contributed by atoms with Crippen LogP contribution in [0.2, 0.25) is 0 Å². The van der Waals surface area contributed by atoms with E-state index in [1.807, 2.05) is 60.7 Å². The summed E-state index contributed by atoms with van der Waals surface area (Å²) < 4.78 is 37.0. The molecule has 0 atom stereocenters. The van der Waals surface area contributed by atoms with Crippen molar-refractivity contribution in [3.63, 3.8) is 0 Å². The fourth-order valence-electron chi connectivity index (χ4n) is 6.69. The number of pyridine rings is 1. The molecule has 0 radical (unpaired) electrons. The van der Waals surface area contributed by atoms with Gasteiger partial charge in [-0.2, -0.15) is 0 Å². The highest BCUT2D eigenvalue weighted by Gasteiger charge is 2.26. The van der Waals surface area contributed by atoms with Crippen molar-refractivity contribution in [2.45, 2.75) is 32.6 Å². The molecule has 1 aliphatic rings. The van der Waals surface area contributed by atoms with E-state index in [0.29, 0.717) is 58.3 Å². The van der Waals surface area contributed by atoms with Crippen LogP contribution in [-0.2, 0) is 21.1 Å². The number of fused-ring (bicyclic) bond motifs is 1. The highest BCUT2D eigenvalue weighted by Crippen LogP contribution is 2.43. The van der Waals surface area contributed by atoms with Crippen LogP contribution >= 0.6 is 7.14 Å². The van der Waals surface area contributed by atoms with E-state index in [0.717, 1.165) is 60.4 Å². The van der Waals surface area contributed by atoms with Crippen LogP contribution in [0.5, 0.6) is 23.0 Å². The molecule has 0 bridgehead atoms. The van der Waals surface area contributed by atoms with Crippen LogP contribution in [0.1, 0.15) is 48.0 Å². The number of nitrogens with zero attached hydrogens (tertiary/aromatic N) is 2. The van der Waals surface area contributed by atoms with Gasteiger partial charge in [0.05, 0.1) is 37.0 Å². The third-order valence-electron chi connectivity index (χ3n) is 9.74. The zero-order valence-electron chi connectivity index (χ0n) is 33.7. The molecule has 5 aromatic rings. The van der Waals surface area contributed by atoms with Gasteiger partial charge in [-0.25, -0.2) is 4.79 Å². The van der Waals surface area contributed by atoms with Crippen molar-refractivity contribution in [1.82, 2.24) is 15.2 Å². The topological polar surface area (TPSA) is 140 Å². The van der Waals surface area contributed by atoms with Crippen molar-refractivity contribution in [3.05, 3.63) is 107 Å². The number of nitrogens with one attached hydrogen (secondary N) is 3. The lowest BCUT2D eigenvalue weighted by Crippen LogP contribution is -2.38. The number of methoxy groups -OCH3 is 1. The molecule has 57 heavy (non-hydrogen) atoms. The Morgan fingerprint density at radius 3 is 2.33 bits per heavy atom. The molecule has 0 unspecified atom stereocenters. The standard InChI is InChI=1S/C44H52N5O7P/c1-44(2,3)31-26-38(41(53-5)40(27-31)57(6,7)52)48-43(51)47-37-12-13-39(36-11-9-8-10-35(36)37)56-33-14-15-46-32(28-33)23-29-22-30(42(50)45-4)25-34(24-29)55-21-18-49-16-19-54-20-17-49/h8-15,22,24-28H,16-21,23H2,1-7H3,(H,45,50)(H2,47,48,51). The summed E-state index contributed by atoms with van der Waals surface area (Å²) in [6, 6.07) is 23.8. The number of carbonyl (C=O) groups is 2. The van der Waals surface area contributed by atoms with Gasteiger partial charge in [0.25, 0.3) is 5.91 Å². The number of rotatable bonds is 13. The molecule has 1 fully saturated rings. The Morgan fingerprint density at radius 1 is 0.895 bits per heavy atom. The first-order valence-electron chi connectivity index (χ1n) is 19.0. The average molecular weight is 794 g/mol. The van der Waals surface area contributed by atoms with Crippen LogP contribution in [0.3, 0.4) is 0 Å². The first-order chi connectivity index (χ1) is 27.2. The van der Waals surface area contributed by atoms with Gasteiger partial charge in [-0.1, -0.05) is 45.0 Å². The second-order valence-corrected chi connectivity index (χ2v) is 18.6. The number of benzene rings is 4.